The highest BCUT2D eigenvalue weighted by Gasteiger charge is 2.11. The summed E-state index contributed by atoms with van der Waals surface area (Å²) in [7, 11) is 0. The smallest absolute Gasteiger partial charge is 0.270 e. The van der Waals surface area contributed by atoms with Gasteiger partial charge in [0, 0.05) is 11.0 Å². The summed E-state index contributed by atoms with van der Waals surface area (Å²) in [6.45, 7) is 5.11. The topological polar surface area (TPSA) is 53.2 Å². The molecule has 0 unspecified atom stereocenters. The summed E-state index contributed by atoms with van der Waals surface area (Å²) in [6, 6.07) is 3.88. The summed E-state index contributed by atoms with van der Waals surface area (Å²) < 4.78 is 13.4. The van der Waals surface area contributed by atoms with E-state index in [4.69, 9.17) is 12.2 Å². The van der Waals surface area contributed by atoms with E-state index >= 15 is 0 Å². The standard InChI is InChI=1S/C16H23BrFN3OS/c1-3-4-5-6-11(2)10-19-16(23)21-20-15(22)13-8-7-12(18)9-14(13)17/h7-9,11H,3-6,10H2,1-2H3,(H,20,22)(H2,19,21,23)/t11-/m1/s1. The van der Waals surface area contributed by atoms with E-state index in [0.29, 0.717) is 21.1 Å². The van der Waals surface area contributed by atoms with E-state index < -0.39 is 11.7 Å². The summed E-state index contributed by atoms with van der Waals surface area (Å²) in [6.07, 6.45) is 4.83. The molecular weight excluding hydrogens is 381 g/mol. The van der Waals surface area contributed by atoms with E-state index in [1.165, 1.54) is 37.5 Å². The Morgan fingerprint density at radius 1 is 1.35 bits per heavy atom. The number of hydrogen-bond donors (Lipinski definition) is 3. The second-order valence-corrected chi connectivity index (χ2v) is 6.78. The molecule has 0 aromatic heterocycles. The number of halogens is 2. The molecule has 1 aromatic carbocycles. The molecule has 1 atom stereocenters. The zero-order chi connectivity index (χ0) is 17.2. The number of amides is 1. The maximum atomic E-state index is 13.0. The fourth-order valence-electron chi connectivity index (χ4n) is 2.01. The summed E-state index contributed by atoms with van der Waals surface area (Å²) in [4.78, 5) is 12.0. The first-order valence-corrected chi connectivity index (χ1v) is 8.93. The Morgan fingerprint density at radius 3 is 2.74 bits per heavy atom. The van der Waals surface area contributed by atoms with Crippen molar-refractivity contribution in [1.29, 1.82) is 0 Å². The molecule has 1 rings (SSSR count). The molecule has 0 aliphatic carbocycles. The number of nitrogens with one attached hydrogen (secondary N) is 3. The van der Waals surface area contributed by atoms with Crippen molar-refractivity contribution in [2.75, 3.05) is 6.54 Å². The average Bonchev–Trinajstić information content (AvgIpc) is 2.51. The fourth-order valence-corrected chi connectivity index (χ4v) is 2.68. The molecule has 3 N–H and O–H groups in total. The molecule has 0 aliphatic heterocycles. The highest BCUT2D eigenvalue weighted by atomic mass is 79.9. The minimum absolute atomic E-state index is 0.328. The predicted molar refractivity (Wildman–Crippen MR) is 98.6 cm³/mol. The van der Waals surface area contributed by atoms with Crippen LogP contribution in [0.15, 0.2) is 22.7 Å². The molecule has 0 fully saturated rings. The van der Waals surface area contributed by atoms with Gasteiger partial charge >= 0.3 is 0 Å². The van der Waals surface area contributed by atoms with Gasteiger partial charge in [0.15, 0.2) is 5.11 Å². The van der Waals surface area contributed by atoms with E-state index in [1.54, 1.807) is 0 Å². The van der Waals surface area contributed by atoms with Crippen LogP contribution < -0.4 is 16.2 Å². The zero-order valence-corrected chi connectivity index (χ0v) is 15.8. The largest absolute Gasteiger partial charge is 0.361 e. The van der Waals surface area contributed by atoms with Gasteiger partial charge in [0.2, 0.25) is 0 Å². The summed E-state index contributed by atoms with van der Waals surface area (Å²) >= 11 is 8.28. The number of benzene rings is 1. The van der Waals surface area contributed by atoms with Crippen molar-refractivity contribution in [3.63, 3.8) is 0 Å². The van der Waals surface area contributed by atoms with Crippen LogP contribution in [0.5, 0.6) is 0 Å². The third-order valence-electron chi connectivity index (χ3n) is 3.38. The average molecular weight is 404 g/mol. The van der Waals surface area contributed by atoms with Crippen molar-refractivity contribution in [2.45, 2.75) is 39.5 Å². The summed E-state index contributed by atoms with van der Waals surface area (Å²) in [5, 5.41) is 3.43. The first-order valence-electron chi connectivity index (χ1n) is 7.73. The molecule has 128 valence electrons. The Balaban J connectivity index is 2.31. The van der Waals surface area contributed by atoms with Crippen LogP contribution in [0.1, 0.15) is 49.9 Å². The third-order valence-corrected chi connectivity index (χ3v) is 4.28. The van der Waals surface area contributed by atoms with Crippen molar-refractivity contribution >= 4 is 39.2 Å². The molecule has 4 nitrogen and oxygen atoms in total. The Bertz CT molecular complexity index is 542. The van der Waals surface area contributed by atoms with E-state index in [9.17, 15) is 9.18 Å². The molecule has 0 aliphatic rings. The zero-order valence-electron chi connectivity index (χ0n) is 13.4. The Kier molecular flexibility index (Phi) is 9.09. The molecule has 0 saturated carbocycles. The molecule has 0 heterocycles. The maximum absolute atomic E-state index is 13.0. The first-order chi connectivity index (χ1) is 10.9. The van der Waals surface area contributed by atoms with E-state index in [1.807, 2.05) is 0 Å². The van der Waals surface area contributed by atoms with E-state index in [2.05, 4.69) is 45.9 Å². The van der Waals surface area contributed by atoms with Gasteiger partial charge in [0.05, 0.1) is 5.56 Å². The summed E-state index contributed by atoms with van der Waals surface area (Å²) in [5.41, 5.74) is 5.47. The maximum Gasteiger partial charge on any atom is 0.270 e. The van der Waals surface area contributed by atoms with Gasteiger partial charge in [-0.25, -0.2) is 4.39 Å². The second-order valence-electron chi connectivity index (χ2n) is 5.51. The SMILES string of the molecule is CCCCC[C@@H](C)CNC(=S)NNC(=O)c1ccc(F)cc1Br. The number of carbonyl (C=O) groups is 1. The minimum Gasteiger partial charge on any atom is -0.361 e. The van der Waals surface area contributed by atoms with Gasteiger partial charge in [-0.05, 0) is 58.7 Å². The highest BCUT2D eigenvalue weighted by Crippen LogP contribution is 2.17. The number of carbonyl (C=O) groups excluding carboxylic acids is 1. The number of hydrazine groups is 1. The van der Waals surface area contributed by atoms with Crippen LogP contribution in [-0.2, 0) is 0 Å². The molecule has 0 radical (unpaired) electrons. The van der Waals surface area contributed by atoms with Crippen LogP contribution in [0, 0.1) is 11.7 Å². The number of hydrogen-bond acceptors (Lipinski definition) is 2. The van der Waals surface area contributed by atoms with Gasteiger partial charge in [0.1, 0.15) is 5.82 Å². The Hall–Kier alpha value is -1.21. The molecule has 1 amide bonds. The normalized spacial score (nSPS) is 11.7. The van der Waals surface area contributed by atoms with Gasteiger partial charge in [-0.2, -0.15) is 0 Å². The van der Waals surface area contributed by atoms with Crippen LogP contribution in [0.2, 0.25) is 0 Å². The monoisotopic (exact) mass is 403 g/mol. The lowest BCUT2D eigenvalue weighted by Gasteiger charge is -2.15. The molecule has 1 aromatic rings. The minimum atomic E-state index is -0.407. The first kappa shape index (κ1) is 19.8. The van der Waals surface area contributed by atoms with E-state index in [-0.39, 0.29) is 0 Å². The van der Waals surface area contributed by atoms with Crippen molar-refractivity contribution in [3.05, 3.63) is 34.1 Å². The molecular formula is C16H23BrFN3OS. The van der Waals surface area contributed by atoms with Gasteiger partial charge in [-0.3, -0.25) is 15.6 Å². The van der Waals surface area contributed by atoms with Gasteiger partial charge in [-0.1, -0.05) is 33.1 Å². The molecule has 23 heavy (non-hydrogen) atoms. The molecule has 0 saturated heterocycles. The van der Waals surface area contributed by atoms with Crippen molar-refractivity contribution in [3.8, 4) is 0 Å². The van der Waals surface area contributed by atoms with Gasteiger partial charge in [-0.15, -0.1) is 0 Å². The third kappa shape index (κ3) is 7.74. The second kappa shape index (κ2) is 10.5. The highest BCUT2D eigenvalue weighted by molar-refractivity contribution is 9.10. The van der Waals surface area contributed by atoms with Crippen molar-refractivity contribution < 1.29 is 9.18 Å². The van der Waals surface area contributed by atoms with Gasteiger partial charge < -0.3 is 5.32 Å². The Morgan fingerprint density at radius 2 is 2.09 bits per heavy atom. The lowest BCUT2D eigenvalue weighted by molar-refractivity contribution is 0.0943. The van der Waals surface area contributed by atoms with Crippen LogP contribution in [0.4, 0.5) is 4.39 Å². The Labute approximate surface area is 150 Å². The van der Waals surface area contributed by atoms with Crippen molar-refractivity contribution in [2.24, 2.45) is 5.92 Å². The number of rotatable bonds is 7. The molecule has 0 spiro atoms. The lowest BCUT2D eigenvalue weighted by Crippen LogP contribution is -2.47. The quantitative estimate of drug-likeness (QED) is 0.367. The van der Waals surface area contributed by atoms with Gasteiger partial charge in [0.25, 0.3) is 5.91 Å². The lowest BCUT2D eigenvalue weighted by atomic mass is 10.0. The molecule has 7 heteroatoms. The number of unbranched alkanes of at least 4 members (excludes halogenated alkanes) is 2. The fraction of sp³-hybridized carbons (Fsp3) is 0.500. The van der Waals surface area contributed by atoms with Crippen molar-refractivity contribution in [1.82, 2.24) is 16.2 Å². The van der Waals surface area contributed by atoms with Crippen LogP contribution >= 0.6 is 28.1 Å². The van der Waals surface area contributed by atoms with Crippen LogP contribution in [-0.4, -0.2) is 17.6 Å². The number of thiocarbonyl (C=S) groups is 1. The van der Waals surface area contributed by atoms with Crippen LogP contribution in [0.25, 0.3) is 0 Å². The molecule has 0 bridgehead atoms. The van der Waals surface area contributed by atoms with Crippen LogP contribution in [0.3, 0.4) is 0 Å². The predicted octanol–water partition coefficient (Wildman–Crippen LogP) is 3.91. The summed E-state index contributed by atoms with van der Waals surface area (Å²) in [5.74, 6) is -0.282. The van der Waals surface area contributed by atoms with E-state index in [0.717, 1.165) is 13.0 Å².